The lowest BCUT2D eigenvalue weighted by atomic mass is 10.0. The van der Waals surface area contributed by atoms with E-state index in [1.165, 1.54) is 5.56 Å². The number of aryl methyl sites for hydroxylation is 1. The van der Waals surface area contributed by atoms with E-state index in [4.69, 9.17) is 5.73 Å². The van der Waals surface area contributed by atoms with Gasteiger partial charge in [-0.25, -0.2) is 0 Å². The summed E-state index contributed by atoms with van der Waals surface area (Å²) in [6.07, 6.45) is 1.59. The number of hydrogen-bond donors (Lipinski definition) is 2. The van der Waals surface area contributed by atoms with Gasteiger partial charge in [-0.3, -0.25) is 4.79 Å². The smallest absolute Gasteiger partial charge is 0.202 e. The molecule has 14 heavy (non-hydrogen) atoms. The first-order chi connectivity index (χ1) is 6.63. The summed E-state index contributed by atoms with van der Waals surface area (Å²) >= 11 is 3.70. The van der Waals surface area contributed by atoms with Crippen molar-refractivity contribution in [2.75, 3.05) is 0 Å². The van der Waals surface area contributed by atoms with Crippen LogP contribution >= 0.6 is 12.6 Å². The van der Waals surface area contributed by atoms with Gasteiger partial charge in [0.1, 0.15) is 0 Å². The van der Waals surface area contributed by atoms with Gasteiger partial charge in [-0.05, 0) is 24.0 Å². The maximum absolute atomic E-state index is 10.8. The molecule has 0 fully saturated rings. The highest BCUT2D eigenvalue weighted by Gasteiger charge is 2.09. The summed E-state index contributed by atoms with van der Waals surface area (Å²) in [6, 6.07) is 7.65. The van der Waals surface area contributed by atoms with Crippen LogP contribution in [0.2, 0.25) is 0 Å². The molecule has 1 unspecified atom stereocenters. The molecular weight excluding hydrogens is 194 g/mol. The lowest BCUT2D eigenvalue weighted by Crippen LogP contribution is -2.29. The van der Waals surface area contributed by atoms with Gasteiger partial charge in [0.15, 0.2) is 0 Å². The van der Waals surface area contributed by atoms with Crippen LogP contribution in [-0.4, -0.2) is 11.2 Å². The average molecular weight is 209 g/mol. The van der Waals surface area contributed by atoms with Crippen molar-refractivity contribution in [1.82, 2.24) is 0 Å². The molecule has 3 heteroatoms. The summed E-state index contributed by atoms with van der Waals surface area (Å²) in [5, 5.41) is -0.260. The Labute approximate surface area is 89.9 Å². The van der Waals surface area contributed by atoms with E-state index in [2.05, 4.69) is 31.7 Å². The Balaban J connectivity index is 2.64. The Bertz CT molecular complexity index is 308. The largest absolute Gasteiger partial charge is 0.320 e. The fourth-order valence-electron chi connectivity index (χ4n) is 1.25. The number of benzene rings is 1. The summed E-state index contributed by atoms with van der Waals surface area (Å²) in [4.78, 5) is 10.8. The maximum atomic E-state index is 10.8. The molecule has 0 aliphatic heterocycles. The monoisotopic (exact) mass is 209 g/mol. The van der Waals surface area contributed by atoms with Crippen molar-refractivity contribution in [1.29, 1.82) is 0 Å². The van der Waals surface area contributed by atoms with Gasteiger partial charge in [-0.15, -0.1) is 12.6 Å². The molecular formula is C11H15NOS. The van der Waals surface area contributed by atoms with E-state index in [0.29, 0.717) is 6.42 Å². The summed E-state index contributed by atoms with van der Waals surface area (Å²) in [5.74, 6) is 0. The standard InChI is InChI=1S/C11H15NOS/c1-2-8-3-5-9(6-4-8)7-10(12)11(13)14/h3-6,10H,2,7,12H2,1H3,(H,13,14). The third-order valence-electron chi connectivity index (χ3n) is 2.20. The zero-order valence-corrected chi connectivity index (χ0v) is 9.13. The molecule has 2 nitrogen and oxygen atoms in total. The van der Waals surface area contributed by atoms with Crippen LogP contribution in [0.1, 0.15) is 18.1 Å². The number of carbonyl (C=O) groups is 1. The van der Waals surface area contributed by atoms with Crippen LogP contribution in [-0.2, 0) is 17.6 Å². The van der Waals surface area contributed by atoms with Gasteiger partial charge in [-0.2, -0.15) is 0 Å². The van der Waals surface area contributed by atoms with Crippen molar-refractivity contribution in [3.8, 4) is 0 Å². The van der Waals surface area contributed by atoms with Crippen LogP contribution in [0.3, 0.4) is 0 Å². The van der Waals surface area contributed by atoms with E-state index in [1.54, 1.807) is 0 Å². The van der Waals surface area contributed by atoms with Crippen molar-refractivity contribution >= 4 is 17.7 Å². The minimum Gasteiger partial charge on any atom is -0.320 e. The molecule has 1 rings (SSSR count). The molecule has 1 aromatic carbocycles. The van der Waals surface area contributed by atoms with Gasteiger partial charge in [0.2, 0.25) is 5.12 Å². The van der Waals surface area contributed by atoms with Crippen molar-refractivity contribution < 1.29 is 4.79 Å². The molecule has 0 heterocycles. The van der Waals surface area contributed by atoms with Crippen LogP contribution in [0, 0.1) is 0 Å². The maximum Gasteiger partial charge on any atom is 0.202 e. The molecule has 0 aromatic heterocycles. The van der Waals surface area contributed by atoms with Gasteiger partial charge >= 0.3 is 0 Å². The predicted octanol–water partition coefficient (Wildman–Crippen LogP) is 1.58. The summed E-state index contributed by atoms with van der Waals surface area (Å²) < 4.78 is 0. The van der Waals surface area contributed by atoms with Crippen LogP contribution in [0.25, 0.3) is 0 Å². The third-order valence-corrected chi connectivity index (χ3v) is 2.54. The van der Waals surface area contributed by atoms with Gasteiger partial charge in [0.25, 0.3) is 0 Å². The highest BCUT2D eigenvalue weighted by atomic mass is 32.1. The SMILES string of the molecule is CCc1ccc(CC(N)C(=O)S)cc1. The molecule has 0 radical (unpaired) electrons. The number of hydrogen-bond acceptors (Lipinski definition) is 2. The van der Waals surface area contributed by atoms with Crippen molar-refractivity contribution in [3.05, 3.63) is 35.4 Å². The quantitative estimate of drug-likeness (QED) is 0.739. The third kappa shape index (κ3) is 3.16. The summed E-state index contributed by atoms with van der Waals surface area (Å²) in [5.41, 5.74) is 7.97. The molecule has 0 saturated carbocycles. The van der Waals surface area contributed by atoms with Gasteiger partial charge < -0.3 is 5.73 Å². The summed E-state index contributed by atoms with van der Waals surface area (Å²) in [6.45, 7) is 2.11. The average Bonchev–Trinajstić information content (AvgIpc) is 2.19. The zero-order valence-electron chi connectivity index (χ0n) is 8.23. The van der Waals surface area contributed by atoms with E-state index in [-0.39, 0.29) is 5.12 Å². The molecule has 0 saturated heterocycles. The second-order valence-electron chi connectivity index (χ2n) is 3.32. The van der Waals surface area contributed by atoms with Gasteiger partial charge in [-0.1, -0.05) is 31.2 Å². The number of nitrogens with two attached hydrogens (primary N) is 1. The normalized spacial score (nSPS) is 12.5. The zero-order chi connectivity index (χ0) is 10.6. The Hall–Kier alpha value is -0.800. The topological polar surface area (TPSA) is 43.1 Å². The van der Waals surface area contributed by atoms with E-state index in [9.17, 15) is 4.79 Å². The Morgan fingerprint density at radius 1 is 1.36 bits per heavy atom. The van der Waals surface area contributed by atoms with Crippen LogP contribution in [0.15, 0.2) is 24.3 Å². The minimum absolute atomic E-state index is 0.260. The van der Waals surface area contributed by atoms with Crippen LogP contribution < -0.4 is 5.73 Å². The first-order valence-corrected chi connectivity index (χ1v) is 5.14. The molecule has 2 N–H and O–H groups in total. The van der Waals surface area contributed by atoms with Crippen molar-refractivity contribution in [2.24, 2.45) is 5.73 Å². The van der Waals surface area contributed by atoms with E-state index in [1.807, 2.05) is 12.1 Å². The fourth-order valence-corrected chi connectivity index (χ4v) is 1.34. The molecule has 1 atom stereocenters. The Kier molecular flexibility index (Phi) is 4.17. The molecule has 0 bridgehead atoms. The van der Waals surface area contributed by atoms with Crippen molar-refractivity contribution in [2.45, 2.75) is 25.8 Å². The van der Waals surface area contributed by atoms with E-state index < -0.39 is 6.04 Å². The number of rotatable bonds is 4. The van der Waals surface area contributed by atoms with Gasteiger partial charge in [0.05, 0.1) is 6.04 Å². The van der Waals surface area contributed by atoms with Crippen molar-refractivity contribution in [3.63, 3.8) is 0 Å². The van der Waals surface area contributed by atoms with E-state index >= 15 is 0 Å². The second kappa shape index (κ2) is 5.17. The van der Waals surface area contributed by atoms with Gasteiger partial charge in [0, 0.05) is 0 Å². The first-order valence-electron chi connectivity index (χ1n) is 4.69. The lowest BCUT2D eigenvalue weighted by Gasteiger charge is -2.07. The molecule has 0 aliphatic carbocycles. The van der Waals surface area contributed by atoms with Crippen LogP contribution in [0.5, 0.6) is 0 Å². The Morgan fingerprint density at radius 3 is 2.29 bits per heavy atom. The number of thiol groups is 1. The first kappa shape index (κ1) is 11.3. The molecule has 76 valence electrons. The lowest BCUT2D eigenvalue weighted by molar-refractivity contribution is -0.111. The Morgan fingerprint density at radius 2 is 1.86 bits per heavy atom. The van der Waals surface area contributed by atoms with E-state index in [0.717, 1.165) is 12.0 Å². The minimum atomic E-state index is -0.495. The molecule has 1 aromatic rings. The fraction of sp³-hybridized carbons (Fsp3) is 0.364. The predicted molar refractivity (Wildman–Crippen MR) is 61.5 cm³/mol. The molecule has 0 amide bonds. The molecule has 0 spiro atoms. The van der Waals surface area contributed by atoms with Crippen LogP contribution in [0.4, 0.5) is 0 Å². The summed E-state index contributed by atoms with van der Waals surface area (Å²) in [7, 11) is 0. The number of carbonyl (C=O) groups excluding carboxylic acids is 1. The highest BCUT2D eigenvalue weighted by Crippen LogP contribution is 2.07. The second-order valence-corrected chi connectivity index (χ2v) is 3.76. The highest BCUT2D eigenvalue weighted by molar-refractivity contribution is 7.96. The molecule has 0 aliphatic rings.